The predicted molar refractivity (Wildman–Crippen MR) is 81.4 cm³/mol. The largest absolute Gasteiger partial charge is 0.481 e. The summed E-state index contributed by atoms with van der Waals surface area (Å²) in [6.07, 6.45) is 6.42. The Bertz CT molecular complexity index is 189. The highest BCUT2D eigenvalue weighted by molar-refractivity contribution is 5.84. The van der Waals surface area contributed by atoms with E-state index >= 15 is 0 Å². The molecule has 0 radical (unpaired) electrons. The molecule has 0 heterocycles. The van der Waals surface area contributed by atoms with Gasteiger partial charge in [-0.3, -0.25) is 5.41 Å². The second kappa shape index (κ2) is 18.5. The van der Waals surface area contributed by atoms with E-state index in [0.717, 1.165) is 0 Å². The van der Waals surface area contributed by atoms with Crippen LogP contribution in [-0.4, -0.2) is 26.2 Å². The lowest BCUT2D eigenvalue weighted by Crippen LogP contribution is -2.02. The maximum atomic E-state index is 7.02. The van der Waals surface area contributed by atoms with Gasteiger partial charge in [0.2, 0.25) is 5.90 Å². The van der Waals surface area contributed by atoms with E-state index in [2.05, 4.69) is 32.4 Å². The summed E-state index contributed by atoms with van der Waals surface area (Å²) in [6, 6.07) is 0. The lowest BCUT2D eigenvalue weighted by atomic mass is 10.2. The fraction of sp³-hybridized carbons (Fsp3) is 0.800. The number of methoxy groups -OCH3 is 2. The smallest absolute Gasteiger partial charge is 0.205 e. The second-order valence-corrected chi connectivity index (χ2v) is 4.01. The van der Waals surface area contributed by atoms with Gasteiger partial charge in [-0.15, -0.1) is 0 Å². The number of hydrogen-bond donors (Lipinski definition) is 1. The Balaban J connectivity index is -0.000000225. The summed E-state index contributed by atoms with van der Waals surface area (Å²) in [6.45, 7) is 12.4. The quantitative estimate of drug-likeness (QED) is 0.576. The average molecular weight is 259 g/mol. The van der Waals surface area contributed by atoms with Crippen molar-refractivity contribution < 1.29 is 9.47 Å². The minimum Gasteiger partial charge on any atom is -0.481 e. The summed E-state index contributed by atoms with van der Waals surface area (Å²) in [4.78, 5) is 0. The third kappa shape index (κ3) is 24.4. The Morgan fingerprint density at radius 1 is 1.17 bits per heavy atom. The van der Waals surface area contributed by atoms with Gasteiger partial charge in [0.15, 0.2) is 0 Å². The van der Waals surface area contributed by atoms with E-state index in [4.69, 9.17) is 10.1 Å². The molecule has 0 spiro atoms. The summed E-state index contributed by atoms with van der Waals surface area (Å²) < 4.78 is 9.59. The molecular weight excluding hydrogens is 226 g/mol. The maximum Gasteiger partial charge on any atom is 0.205 e. The van der Waals surface area contributed by atoms with Gasteiger partial charge in [-0.1, -0.05) is 47.1 Å². The zero-order chi connectivity index (χ0) is 15.0. The van der Waals surface area contributed by atoms with Crippen LogP contribution < -0.4 is 0 Å². The molecule has 3 nitrogen and oxygen atoms in total. The molecular formula is C15H33NO2. The summed E-state index contributed by atoms with van der Waals surface area (Å²) in [5.41, 5.74) is 0. The predicted octanol–water partition coefficient (Wildman–Crippen LogP) is 4.67. The molecule has 1 atom stereocenters. The van der Waals surface area contributed by atoms with Gasteiger partial charge in [0.05, 0.1) is 13.2 Å². The van der Waals surface area contributed by atoms with Crippen LogP contribution in [-0.2, 0) is 9.47 Å². The van der Waals surface area contributed by atoms with Gasteiger partial charge in [-0.2, -0.15) is 0 Å². The standard InChI is InChI=1S/C7H13NO.C6H14O.C2H6/c1-6(2)4-5-7(8)9-3;1-4-5-6(2)7-3;1-2/h4-6,8H,1-3H3;6H,4-5H2,1-3H3;1-2H3/b5-4-,8-7?;;. The van der Waals surface area contributed by atoms with Crippen LogP contribution in [0.5, 0.6) is 0 Å². The Morgan fingerprint density at radius 2 is 1.67 bits per heavy atom. The lowest BCUT2D eigenvalue weighted by Gasteiger charge is -2.04. The molecule has 0 amide bonds. The normalized spacial score (nSPS) is 11.2. The zero-order valence-electron chi connectivity index (χ0n) is 13.5. The minimum absolute atomic E-state index is 0.212. The first-order valence-corrected chi connectivity index (χ1v) is 6.81. The Labute approximate surface area is 114 Å². The SMILES string of the molecule is CC.CCCC(C)OC.COC(=N)/C=C\C(C)C. The number of allylic oxidation sites excluding steroid dienone is 1. The summed E-state index contributed by atoms with van der Waals surface area (Å²) >= 11 is 0. The van der Waals surface area contributed by atoms with Crippen molar-refractivity contribution in [2.75, 3.05) is 14.2 Å². The van der Waals surface area contributed by atoms with Crippen molar-refractivity contribution in [2.24, 2.45) is 5.92 Å². The molecule has 0 fully saturated rings. The molecule has 0 rings (SSSR count). The van der Waals surface area contributed by atoms with Crippen molar-refractivity contribution in [3.8, 4) is 0 Å². The molecule has 3 heteroatoms. The topological polar surface area (TPSA) is 42.3 Å². The molecule has 0 saturated heterocycles. The second-order valence-electron chi connectivity index (χ2n) is 4.01. The van der Waals surface area contributed by atoms with Crippen LogP contribution in [0.2, 0.25) is 0 Å². The maximum absolute atomic E-state index is 7.02. The molecule has 0 aliphatic carbocycles. The Kier molecular flexibility index (Phi) is 23.0. The van der Waals surface area contributed by atoms with Gasteiger partial charge < -0.3 is 9.47 Å². The monoisotopic (exact) mass is 259 g/mol. The number of nitrogens with one attached hydrogen (secondary N) is 1. The van der Waals surface area contributed by atoms with Crippen molar-refractivity contribution in [2.45, 2.75) is 60.5 Å². The summed E-state index contributed by atoms with van der Waals surface area (Å²) in [7, 11) is 3.24. The van der Waals surface area contributed by atoms with Gasteiger partial charge in [-0.25, -0.2) is 0 Å². The van der Waals surface area contributed by atoms with E-state index in [1.54, 1.807) is 13.2 Å². The first kappa shape index (κ1) is 22.4. The van der Waals surface area contributed by atoms with Crippen LogP contribution in [0.4, 0.5) is 0 Å². The third-order valence-electron chi connectivity index (χ3n) is 1.95. The fourth-order valence-electron chi connectivity index (χ4n) is 0.872. The van der Waals surface area contributed by atoms with Gasteiger partial charge in [0.25, 0.3) is 0 Å². The molecule has 0 aromatic carbocycles. The van der Waals surface area contributed by atoms with Gasteiger partial charge in [0, 0.05) is 7.11 Å². The van der Waals surface area contributed by atoms with Crippen LogP contribution in [0.1, 0.15) is 54.4 Å². The summed E-state index contributed by atoms with van der Waals surface area (Å²) in [5, 5.41) is 7.02. The molecule has 0 aromatic heterocycles. The first-order valence-electron chi connectivity index (χ1n) is 6.81. The first-order chi connectivity index (χ1) is 8.47. The number of ether oxygens (including phenoxy) is 2. The highest BCUT2D eigenvalue weighted by atomic mass is 16.5. The van der Waals surface area contributed by atoms with E-state index < -0.39 is 0 Å². The summed E-state index contributed by atoms with van der Waals surface area (Å²) in [5.74, 6) is 0.698. The highest BCUT2D eigenvalue weighted by Gasteiger charge is 1.92. The third-order valence-corrected chi connectivity index (χ3v) is 1.95. The van der Waals surface area contributed by atoms with E-state index in [0.29, 0.717) is 12.0 Å². The highest BCUT2D eigenvalue weighted by Crippen LogP contribution is 1.96. The molecule has 0 aliphatic rings. The van der Waals surface area contributed by atoms with E-state index in [1.807, 2.05) is 19.9 Å². The Morgan fingerprint density at radius 3 is 1.89 bits per heavy atom. The molecule has 1 unspecified atom stereocenters. The van der Waals surface area contributed by atoms with Crippen LogP contribution in [0, 0.1) is 11.3 Å². The zero-order valence-corrected chi connectivity index (χ0v) is 13.5. The van der Waals surface area contributed by atoms with Crippen LogP contribution >= 0.6 is 0 Å². The van der Waals surface area contributed by atoms with Crippen LogP contribution in [0.3, 0.4) is 0 Å². The van der Waals surface area contributed by atoms with Gasteiger partial charge >= 0.3 is 0 Å². The van der Waals surface area contributed by atoms with Crippen LogP contribution in [0.25, 0.3) is 0 Å². The van der Waals surface area contributed by atoms with E-state index in [1.165, 1.54) is 20.0 Å². The lowest BCUT2D eigenvalue weighted by molar-refractivity contribution is 0.110. The molecule has 0 bridgehead atoms. The minimum atomic E-state index is 0.212. The van der Waals surface area contributed by atoms with Crippen molar-refractivity contribution in [3.63, 3.8) is 0 Å². The molecule has 0 aromatic rings. The van der Waals surface area contributed by atoms with Crippen molar-refractivity contribution in [1.29, 1.82) is 5.41 Å². The Hall–Kier alpha value is -0.830. The van der Waals surface area contributed by atoms with E-state index in [-0.39, 0.29) is 5.90 Å². The number of hydrogen-bond acceptors (Lipinski definition) is 3. The van der Waals surface area contributed by atoms with Gasteiger partial charge in [-0.05, 0) is 25.3 Å². The van der Waals surface area contributed by atoms with Crippen molar-refractivity contribution in [1.82, 2.24) is 0 Å². The molecule has 18 heavy (non-hydrogen) atoms. The molecule has 1 N–H and O–H groups in total. The van der Waals surface area contributed by atoms with Gasteiger partial charge in [0.1, 0.15) is 0 Å². The average Bonchev–Trinajstić information content (AvgIpc) is 2.39. The fourth-order valence-corrected chi connectivity index (χ4v) is 0.872. The van der Waals surface area contributed by atoms with Crippen molar-refractivity contribution in [3.05, 3.63) is 12.2 Å². The van der Waals surface area contributed by atoms with Crippen LogP contribution in [0.15, 0.2) is 12.2 Å². The molecule has 110 valence electrons. The van der Waals surface area contributed by atoms with E-state index in [9.17, 15) is 0 Å². The molecule has 0 aliphatic heterocycles. The number of rotatable bonds is 5. The molecule has 0 saturated carbocycles. The van der Waals surface area contributed by atoms with Crippen molar-refractivity contribution >= 4 is 5.90 Å².